The first-order chi connectivity index (χ1) is 10.0. The molecule has 1 saturated heterocycles. The molecule has 0 saturated carbocycles. The number of aliphatic hydroxyl groups is 1. The van der Waals surface area contributed by atoms with E-state index in [1.54, 1.807) is 0 Å². The molecule has 1 atom stereocenters. The van der Waals surface area contributed by atoms with Gasteiger partial charge < -0.3 is 14.7 Å². The molecule has 0 aliphatic carbocycles. The van der Waals surface area contributed by atoms with Crippen LogP contribution in [0.3, 0.4) is 0 Å². The van der Waals surface area contributed by atoms with E-state index in [-0.39, 0.29) is 5.41 Å². The van der Waals surface area contributed by atoms with Crippen molar-refractivity contribution in [2.45, 2.75) is 45.8 Å². The van der Waals surface area contributed by atoms with Crippen LogP contribution in [0.15, 0.2) is 30.3 Å². The highest BCUT2D eigenvalue weighted by Crippen LogP contribution is 2.34. The van der Waals surface area contributed by atoms with Gasteiger partial charge >= 0.3 is 0 Å². The highest BCUT2D eigenvalue weighted by atomic mass is 16.5. The molecule has 1 aliphatic rings. The van der Waals surface area contributed by atoms with Crippen LogP contribution in [0.2, 0.25) is 0 Å². The molecule has 1 unspecified atom stereocenters. The van der Waals surface area contributed by atoms with Gasteiger partial charge in [-0.15, -0.1) is 0 Å². The monoisotopic (exact) mass is 291 g/mol. The zero-order valence-corrected chi connectivity index (χ0v) is 13.6. The second-order valence-corrected chi connectivity index (χ2v) is 6.73. The zero-order chi connectivity index (χ0) is 15.3. The van der Waals surface area contributed by atoms with Gasteiger partial charge in [-0.25, -0.2) is 0 Å². The molecule has 21 heavy (non-hydrogen) atoms. The van der Waals surface area contributed by atoms with Gasteiger partial charge in [0.1, 0.15) is 0 Å². The van der Waals surface area contributed by atoms with Gasteiger partial charge in [0.05, 0.1) is 12.2 Å². The van der Waals surface area contributed by atoms with Crippen molar-refractivity contribution >= 4 is 0 Å². The lowest BCUT2D eigenvalue weighted by molar-refractivity contribution is -0.0172. The summed E-state index contributed by atoms with van der Waals surface area (Å²) in [5.41, 5.74) is 0.853. The minimum atomic E-state index is -0.427. The maximum absolute atomic E-state index is 10.7. The topological polar surface area (TPSA) is 32.7 Å². The van der Waals surface area contributed by atoms with Crippen molar-refractivity contribution in [3.05, 3.63) is 35.9 Å². The lowest BCUT2D eigenvalue weighted by Gasteiger charge is -2.39. The Morgan fingerprint density at radius 3 is 2.43 bits per heavy atom. The Bertz CT molecular complexity index is 410. The highest BCUT2D eigenvalue weighted by Gasteiger charge is 2.32. The number of rotatable bonds is 6. The van der Waals surface area contributed by atoms with Crippen LogP contribution in [0.5, 0.6) is 0 Å². The Kier molecular flexibility index (Phi) is 5.80. The number of ether oxygens (including phenoxy) is 1. The SMILES string of the molecule is CCOC1CCN(CC(C)(C)C(O)c2ccccc2)CC1. The number of hydrogen-bond donors (Lipinski definition) is 1. The van der Waals surface area contributed by atoms with Crippen LogP contribution in [0.4, 0.5) is 0 Å². The van der Waals surface area contributed by atoms with E-state index in [1.807, 2.05) is 30.3 Å². The Balaban J connectivity index is 1.89. The summed E-state index contributed by atoms with van der Waals surface area (Å²) in [4.78, 5) is 2.46. The van der Waals surface area contributed by atoms with Gasteiger partial charge in [-0.1, -0.05) is 44.2 Å². The first-order valence-electron chi connectivity index (χ1n) is 8.10. The van der Waals surface area contributed by atoms with Gasteiger partial charge in [-0.3, -0.25) is 0 Å². The fourth-order valence-corrected chi connectivity index (χ4v) is 3.22. The van der Waals surface area contributed by atoms with Crippen LogP contribution >= 0.6 is 0 Å². The van der Waals surface area contributed by atoms with Gasteiger partial charge in [-0.2, -0.15) is 0 Å². The molecule has 0 spiro atoms. The third-order valence-corrected chi connectivity index (χ3v) is 4.42. The lowest BCUT2D eigenvalue weighted by atomic mass is 9.81. The molecule has 3 nitrogen and oxygen atoms in total. The molecule has 1 aromatic carbocycles. The molecule has 1 fully saturated rings. The predicted molar refractivity (Wildman–Crippen MR) is 86.3 cm³/mol. The molecule has 1 aromatic rings. The molecule has 2 rings (SSSR count). The van der Waals surface area contributed by atoms with Crippen molar-refractivity contribution in [3.8, 4) is 0 Å². The summed E-state index contributed by atoms with van der Waals surface area (Å²) in [7, 11) is 0. The standard InChI is InChI=1S/C18H29NO2/c1-4-21-16-10-12-19(13-11-16)14-18(2,3)17(20)15-8-6-5-7-9-15/h5-9,16-17,20H,4,10-14H2,1-3H3. The summed E-state index contributed by atoms with van der Waals surface area (Å²) in [5.74, 6) is 0. The van der Waals surface area contributed by atoms with Crippen molar-refractivity contribution in [3.63, 3.8) is 0 Å². The third-order valence-electron chi connectivity index (χ3n) is 4.42. The van der Waals surface area contributed by atoms with E-state index in [2.05, 4.69) is 25.7 Å². The van der Waals surface area contributed by atoms with E-state index in [0.717, 1.165) is 44.6 Å². The van der Waals surface area contributed by atoms with Crippen molar-refractivity contribution in [1.29, 1.82) is 0 Å². The number of aliphatic hydroxyl groups excluding tert-OH is 1. The summed E-state index contributed by atoms with van der Waals surface area (Å²) >= 11 is 0. The number of benzene rings is 1. The van der Waals surface area contributed by atoms with E-state index in [1.165, 1.54) is 0 Å². The maximum atomic E-state index is 10.7. The van der Waals surface area contributed by atoms with Gasteiger partial charge in [0.15, 0.2) is 0 Å². The van der Waals surface area contributed by atoms with Crippen LogP contribution in [0.25, 0.3) is 0 Å². The summed E-state index contributed by atoms with van der Waals surface area (Å²) in [6.07, 6.45) is 2.20. The molecule has 0 bridgehead atoms. The molecule has 3 heteroatoms. The maximum Gasteiger partial charge on any atom is 0.0853 e. The Morgan fingerprint density at radius 1 is 1.24 bits per heavy atom. The van der Waals surface area contributed by atoms with E-state index in [4.69, 9.17) is 4.74 Å². The average Bonchev–Trinajstić information content (AvgIpc) is 2.49. The van der Waals surface area contributed by atoms with Gasteiger partial charge in [0, 0.05) is 31.7 Å². The molecule has 0 aromatic heterocycles. The summed E-state index contributed by atoms with van der Waals surface area (Å²) < 4.78 is 5.70. The Morgan fingerprint density at radius 2 is 1.86 bits per heavy atom. The molecule has 1 aliphatic heterocycles. The zero-order valence-electron chi connectivity index (χ0n) is 13.6. The molecule has 0 amide bonds. The molecule has 118 valence electrons. The second kappa shape index (κ2) is 7.39. The highest BCUT2D eigenvalue weighted by molar-refractivity contribution is 5.19. The number of hydrogen-bond acceptors (Lipinski definition) is 3. The molecular weight excluding hydrogens is 262 g/mol. The Labute approximate surface area is 128 Å². The molecule has 0 radical (unpaired) electrons. The number of likely N-dealkylation sites (tertiary alicyclic amines) is 1. The minimum absolute atomic E-state index is 0.153. The second-order valence-electron chi connectivity index (χ2n) is 6.73. The van der Waals surface area contributed by atoms with Gasteiger partial charge in [0.25, 0.3) is 0 Å². The largest absolute Gasteiger partial charge is 0.388 e. The summed E-state index contributed by atoms with van der Waals surface area (Å²) in [5, 5.41) is 10.7. The average molecular weight is 291 g/mol. The van der Waals surface area contributed by atoms with E-state index in [9.17, 15) is 5.11 Å². The van der Waals surface area contributed by atoms with Gasteiger partial charge in [0.2, 0.25) is 0 Å². The van der Waals surface area contributed by atoms with Crippen LogP contribution in [0.1, 0.15) is 45.3 Å². The fraction of sp³-hybridized carbons (Fsp3) is 0.667. The predicted octanol–water partition coefficient (Wildman–Crippen LogP) is 3.25. The fourth-order valence-electron chi connectivity index (χ4n) is 3.22. The first kappa shape index (κ1) is 16.5. The minimum Gasteiger partial charge on any atom is -0.388 e. The van der Waals surface area contributed by atoms with E-state index >= 15 is 0 Å². The van der Waals surface area contributed by atoms with Crippen molar-refractivity contribution in [1.82, 2.24) is 4.90 Å². The van der Waals surface area contributed by atoms with E-state index < -0.39 is 6.10 Å². The molecular formula is C18H29NO2. The van der Waals surface area contributed by atoms with Gasteiger partial charge in [-0.05, 0) is 25.3 Å². The number of piperidine rings is 1. The van der Waals surface area contributed by atoms with Crippen molar-refractivity contribution in [2.75, 3.05) is 26.2 Å². The van der Waals surface area contributed by atoms with E-state index in [0.29, 0.717) is 6.10 Å². The molecule has 1 heterocycles. The lowest BCUT2D eigenvalue weighted by Crippen LogP contribution is -2.43. The van der Waals surface area contributed by atoms with Crippen LogP contribution in [-0.2, 0) is 4.74 Å². The third kappa shape index (κ3) is 4.53. The number of nitrogens with zero attached hydrogens (tertiary/aromatic N) is 1. The normalized spacial score (nSPS) is 19.6. The summed E-state index contributed by atoms with van der Waals surface area (Å²) in [6, 6.07) is 9.98. The van der Waals surface area contributed by atoms with Crippen molar-refractivity contribution in [2.24, 2.45) is 5.41 Å². The molecule has 1 N–H and O–H groups in total. The summed E-state index contributed by atoms with van der Waals surface area (Å²) in [6.45, 7) is 10.2. The van der Waals surface area contributed by atoms with Crippen LogP contribution in [0, 0.1) is 5.41 Å². The van der Waals surface area contributed by atoms with Crippen LogP contribution < -0.4 is 0 Å². The first-order valence-corrected chi connectivity index (χ1v) is 8.10. The van der Waals surface area contributed by atoms with Crippen LogP contribution in [-0.4, -0.2) is 42.4 Å². The van der Waals surface area contributed by atoms with Crippen molar-refractivity contribution < 1.29 is 9.84 Å². The Hall–Kier alpha value is -0.900. The smallest absolute Gasteiger partial charge is 0.0853 e. The quantitative estimate of drug-likeness (QED) is 0.873.